The predicted molar refractivity (Wildman–Crippen MR) is 178 cm³/mol. The molecule has 0 spiro atoms. The third-order valence-corrected chi connectivity index (χ3v) is 7.78. The molecule has 2 unspecified atom stereocenters. The summed E-state index contributed by atoms with van der Waals surface area (Å²) in [6.07, 6.45) is 3.26. The number of carbonyl (C=O) groups excluding carboxylic acids is 6. The molecule has 13 nitrogen and oxygen atoms in total. The van der Waals surface area contributed by atoms with Crippen molar-refractivity contribution in [1.29, 1.82) is 0 Å². The number of nitrogens with one attached hydrogen (secondary N) is 4. The van der Waals surface area contributed by atoms with E-state index in [1.54, 1.807) is 31.4 Å². The van der Waals surface area contributed by atoms with Crippen LogP contribution in [0.2, 0.25) is 0 Å². The number of ketones is 1. The lowest BCUT2D eigenvalue weighted by atomic mass is 10.0. The van der Waals surface area contributed by atoms with Crippen LogP contribution in [0.4, 0.5) is 0 Å². The second-order valence-electron chi connectivity index (χ2n) is 11.6. The molecular weight excluding hydrogens is 618 g/mol. The molecule has 1 fully saturated rings. The van der Waals surface area contributed by atoms with Crippen LogP contribution in [0.15, 0.2) is 54.6 Å². The summed E-state index contributed by atoms with van der Waals surface area (Å²) in [6.45, 7) is 2.90. The Balaban J connectivity index is 1.48. The van der Waals surface area contributed by atoms with E-state index in [4.69, 9.17) is 9.47 Å². The first kappa shape index (κ1) is 37.7. The average molecular weight is 666 g/mol. The van der Waals surface area contributed by atoms with Crippen molar-refractivity contribution in [2.24, 2.45) is 0 Å². The average Bonchev–Trinajstić information content (AvgIpc) is 3.60. The van der Waals surface area contributed by atoms with Crippen molar-refractivity contribution in [1.82, 2.24) is 26.2 Å². The Morgan fingerprint density at radius 1 is 0.875 bits per heavy atom. The summed E-state index contributed by atoms with van der Waals surface area (Å²) in [7, 11) is 1.62. The summed E-state index contributed by atoms with van der Waals surface area (Å²) in [5.74, 6) is -2.99. The molecule has 1 heterocycles. The number of Topliss-reactive ketones (excluding diaryl/α,β-unsaturated/α-hetero) is 1. The molecule has 13 heteroatoms. The van der Waals surface area contributed by atoms with Crippen molar-refractivity contribution in [2.75, 3.05) is 40.0 Å². The highest BCUT2D eigenvalue weighted by Crippen LogP contribution is 2.18. The molecule has 1 aliphatic rings. The molecule has 2 aromatic carbocycles. The third-order valence-electron chi connectivity index (χ3n) is 7.78. The number of benzene rings is 2. The monoisotopic (exact) mass is 665 g/mol. The maximum atomic E-state index is 13.3. The summed E-state index contributed by atoms with van der Waals surface area (Å²) >= 11 is 0. The Morgan fingerprint density at radius 2 is 1.65 bits per heavy atom. The highest BCUT2D eigenvalue weighted by molar-refractivity contribution is 6.38. The van der Waals surface area contributed by atoms with Crippen molar-refractivity contribution in [3.05, 3.63) is 65.7 Å². The highest BCUT2D eigenvalue weighted by Gasteiger charge is 2.36. The fourth-order valence-corrected chi connectivity index (χ4v) is 5.21. The molecule has 5 amide bonds. The van der Waals surface area contributed by atoms with Crippen molar-refractivity contribution in [2.45, 2.75) is 70.5 Å². The van der Waals surface area contributed by atoms with Gasteiger partial charge in [-0.25, -0.2) is 0 Å². The molecule has 0 bridgehead atoms. The van der Waals surface area contributed by atoms with Gasteiger partial charge in [0.1, 0.15) is 11.8 Å². The van der Waals surface area contributed by atoms with Crippen LogP contribution in [-0.2, 0) is 46.5 Å². The van der Waals surface area contributed by atoms with Gasteiger partial charge in [0.25, 0.3) is 5.91 Å². The van der Waals surface area contributed by atoms with Gasteiger partial charge >= 0.3 is 0 Å². The molecule has 0 aromatic heterocycles. The number of ether oxygens (including phenoxy) is 2. The van der Waals surface area contributed by atoms with E-state index >= 15 is 0 Å². The van der Waals surface area contributed by atoms with Gasteiger partial charge in [-0.3, -0.25) is 28.8 Å². The summed E-state index contributed by atoms with van der Waals surface area (Å²) < 4.78 is 10.7. The van der Waals surface area contributed by atoms with Crippen LogP contribution in [0.1, 0.15) is 56.6 Å². The van der Waals surface area contributed by atoms with E-state index < -0.39 is 48.0 Å². The van der Waals surface area contributed by atoms with E-state index in [2.05, 4.69) is 21.3 Å². The number of hydrogen-bond acceptors (Lipinski definition) is 8. The number of methoxy groups -OCH3 is 1. The van der Waals surface area contributed by atoms with E-state index in [0.29, 0.717) is 44.8 Å². The molecule has 2 atom stereocenters. The Hall–Kier alpha value is -4.78. The first-order valence-electron chi connectivity index (χ1n) is 16.4. The molecule has 0 saturated carbocycles. The van der Waals surface area contributed by atoms with Gasteiger partial charge in [0.2, 0.25) is 29.4 Å². The van der Waals surface area contributed by atoms with Crippen LogP contribution in [0.25, 0.3) is 0 Å². The van der Waals surface area contributed by atoms with Gasteiger partial charge in [0, 0.05) is 33.2 Å². The van der Waals surface area contributed by atoms with Crippen LogP contribution in [0.5, 0.6) is 5.75 Å². The van der Waals surface area contributed by atoms with Crippen LogP contribution in [-0.4, -0.2) is 92.3 Å². The SMILES string of the molecule is CCCCC(NC(=O)C1CCCN1C(=O)CNC(=O)Cc1cccc(OCCCOC)c1)C(=O)C(=O)NCC(=O)NCc1ccccc1. The molecule has 260 valence electrons. The smallest absolute Gasteiger partial charge is 0.290 e. The van der Waals surface area contributed by atoms with Crippen molar-refractivity contribution < 1.29 is 38.2 Å². The van der Waals surface area contributed by atoms with Crippen molar-refractivity contribution in [3.8, 4) is 5.75 Å². The standard InChI is InChI=1S/C35H47N5O8/c1-3-4-15-28(33(44)35(46)38-23-31(42)36-22-25-11-6-5-7-12-25)39-34(45)29-16-9-17-40(29)32(43)24-37-30(41)21-26-13-8-14-27(20-26)48-19-10-18-47-2/h5-8,11-14,20,28-29H,3-4,9-10,15-19,21-24H2,1-2H3,(H,36,42)(H,37,41)(H,38,46)(H,39,45). The number of rotatable bonds is 20. The van der Waals surface area contributed by atoms with E-state index in [0.717, 1.165) is 24.0 Å². The van der Waals surface area contributed by atoms with Gasteiger partial charge in [0.05, 0.1) is 32.2 Å². The van der Waals surface area contributed by atoms with Gasteiger partial charge in [0.15, 0.2) is 0 Å². The maximum Gasteiger partial charge on any atom is 0.290 e. The van der Waals surface area contributed by atoms with E-state index in [1.165, 1.54) is 4.90 Å². The largest absolute Gasteiger partial charge is 0.493 e. The molecule has 4 N–H and O–H groups in total. The number of hydrogen-bond donors (Lipinski definition) is 4. The number of nitrogens with zero attached hydrogens (tertiary/aromatic N) is 1. The van der Waals surface area contributed by atoms with Crippen LogP contribution < -0.4 is 26.0 Å². The predicted octanol–water partition coefficient (Wildman–Crippen LogP) is 1.43. The summed E-state index contributed by atoms with van der Waals surface area (Å²) in [4.78, 5) is 78.3. The Morgan fingerprint density at radius 3 is 2.40 bits per heavy atom. The highest BCUT2D eigenvalue weighted by atomic mass is 16.5. The fraction of sp³-hybridized carbons (Fsp3) is 0.486. The van der Waals surface area contributed by atoms with Gasteiger partial charge < -0.3 is 35.6 Å². The zero-order valence-corrected chi connectivity index (χ0v) is 27.8. The van der Waals surface area contributed by atoms with E-state index in [9.17, 15) is 28.8 Å². The van der Waals surface area contributed by atoms with Crippen molar-refractivity contribution >= 4 is 35.3 Å². The minimum atomic E-state index is -1.11. The molecule has 0 radical (unpaired) electrons. The van der Waals surface area contributed by atoms with Crippen molar-refractivity contribution in [3.63, 3.8) is 0 Å². The number of amides is 5. The normalized spacial score (nSPS) is 14.5. The zero-order chi connectivity index (χ0) is 34.7. The number of unbranched alkanes of at least 4 members (excludes halogenated alkanes) is 1. The fourth-order valence-electron chi connectivity index (χ4n) is 5.21. The lowest BCUT2D eigenvalue weighted by molar-refractivity contribution is -0.142. The maximum absolute atomic E-state index is 13.3. The van der Waals surface area contributed by atoms with Gasteiger partial charge in [-0.15, -0.1) is 0 Å². The second kappa shape index (κ2) is 20.5. The summed E-state index contributed by atoms with van der Waals surface area (Å²) in [6, 6.07) is 14.5. The lowest BCUT2D eigenvalue weighted by Gasteiger charge is -2.26. The van der Waals surface area contributed by atoms with Crippen LogP contribution in [0.3, 0.4) is 0 Å². The minimum absolute atomic E-state index is 0.0461. The molecule has 1 saturated heterocycles. The topological polar surface area (TPSA) is 172 Å². The molecule has 1 aliphatic heterocycles. The van der Waals surface area contributed by atoms with E-state index in [-0.39, 0.29) is 31.8 Å². The Labute approximate surface area is 281 Å². The number of likely N-dealkylation sites (tertiary alicyclic amines) is 1. The third kappa shape index (κ3) is 12.8. The first-order valence-corrected chi connectivity index (χ1v) is 16.4. The molecule has 2 aromatic rings. The molecule has 48 heavy (non-hydrogen) atoms. The molecule has 0 aliphatic carbocycles. The Kier molecular flexibility index (Phi) is 16.1. The zero-order valence-electron chi connectivity index (χ0n) is 27.8. The summed E-state index contributed by atoms with van der Waals surface area (Å²) in [5, 5.41) is 10.3. The van der Waals surface area contributed by atoms with Gasteiger partial charge in [-0.1, -0.05) is 62.2 Å². The second-order valence-corrected chi connectivity index (χ2v) is 11.6. The van der Waals surface area contributed by atoms with Crippen LogP contribution >= 0.6 is 0 Å². The van der Waals surface area contributed by atoms with Gasteiger partial charge in [-0.05, 0) is 42.5 Å². The van der Waals surface area contributed by atoms with Gasteiger partial charge in [-0.2, -0.15) is 0 Å². The lowest BCUT2D eigenvalue weighted by Crippen LogP contribution is -2.54. The van der Waals surface area contributed by atoms with E-state index in [1.807, 2.05) is 37.3 Å². The summed E-state index contributed by atoms with van der Waals surface area (Å²) in [5.41, 5.74) is 1.61. The molecular formula is C35H47N5O8. The number of carbonyl (C=O) groups is 6. The van der Waals surface area contributed by atoms with Crippen LogP contribution in [0, 0.1) is 0 Å². The first-order chi connectivity index (χ1) is 23.2. The quantitative estimate of drug-likeness (QED) is 0.122. The Bertz CT molecular complexity index is 1390. The molecule has 3 rings (SSSR count). The minimum Gasteiger partial charge on any atom is -0.493 e.